The minimum absolute atomic E-state index is 0.0740. The zero-order valence-corrected chi connectivity index (χ0v) is 12.2. The number of benzene rings is 1. The Morgan fingerprint density at radius 2 is 2.05 bits per heavy atom. The van der Waals surface area contributed by atoms with E-state index in [1.54, 1.807) is 0 Å². The van der Waals surface area contributed by atoms with E-state index in [2.05, 4.69) is 20.8 Å². The van der Waals surface area contributed by atoms with Crippen LogP contribution in [0.4, 0.5) is 5.82 Å². The number of carbonyl (C=O) groups excluding carboxylic acids is 1. The van der Waals surface area contributed by atoms with E-state index in [-0.39, 0.29) is 11.8 Å². The average Bonchev–Trinajstić information content (AvgIpc) is 2.43. The molecule has 0 aliphatic rings. The van der Waals surface area contributed by atoms with Gasteiger partial charge in [0.1, 0.15) is 5.82 Å². The van der Waals surface area contributed by atoms with Gasteiger partial charge in [0.15, 0.2) is 5.82 Å². The topological polar surface area (TPSA) is 66.9 Å². The molecule has 0 spiro atoms. The van der Waals surface area contributed by atoms with Crippen LogP contribution in [0.2, 0.25) is 0 Å². The van der Waals surface area contributed by atoms with Crippen molar-refractivity contribution in [3.05, 3.63) is 30.1 Å². The van der Waals surface area contributed by atoms with E-state index in [0.717, 1.165) is 10.9 Å². The summed E-state index contributed by atoms with van der Waals surface area (Å²) in [5.41, 5.74) is 6.30. The first-order chi connectivity index (χ1) is 9.60. The van der Waals surface area contributed by atoms with Crippen molar-refractivity contribution in [1.82, 2.24) is 15.4 Å². The van der Waals surface area contributed by atoms with Gasteiger partial charge in [-0.25, -0.2) is 9.97 Å². The number of rotatable bonds is 5. The molecule has 2 aromatic rings. The predicted molar refractivity (Wildman–Crippen MR) is 80.3 cm³/mol. The highest BCUT2D eigenvalue weighted by molar-refractivity contribution is 6.16. The Hall–Kier alpha value is -1.88. The minimum Gasteiger partial charge on any atom is -0.281 e. The summed E-state index contributed by atoms with van der Waals surface area (Å²) >= 11 is 5.79. The van der Waals surface area contributed by atoms with Crippen molar-refractivity contribution in [3.8, 4) is 0 Å². The van der Waals surface area contributed by atoms with Crippen molar-refractivity contribution in [3.63, 3.8) is 0 Å². The molecule has 0 aliphatic carbocycles. The maximum Gasteiger partial charge on any atom is 0.238 e. The molecule has 20 heavy (non-hydrogen) atoms. The van der Waals surface area contributed by atoms with Crippen LogP contribution >= 0.6 is 11.6 Å². The molecular weight excluding hydrogens is 276 g/mol. The summed E-state index contributed by atoms with van der Waals surface area (Å²) in [6.45, 7) is 3.98. The molecule has 0 atom stereocenters. The second-order valence-electron chi connectivity index (χ2n) is 4.91. The molecule has 0 unspecified atom stereocenters. The number of aromatic nitrogens is 2. The molecule has 2 N–H and O–H groups in total. The van der Waals surface area contributed by atoms with Gasteiger partial charge in [0, 0.05) is 11.8 Å². The van der Waals surface area contributed by atoms with Crippen molar-refractivity contribution in [2.24, 2.45) is 5.92 Å². The Morgan fingerprint density at radius 3 is 2.75 bits per heavy atom. The number of anilines is 1. The fraction of sp³-hybridized carbons (Fsp3) is 0.357. The molecule has 106 valence electrons. The van der Waals surface area contributed by atoms with E-state index in [0.29, 0.717) is 24.0 Å². The molecule has 0 fully saturated rings. The summed E-state index contributed by atoms with van der Waals surface area (Å²) in [7, 11) is 0. The molecule has 1 amide bonds. The van der Waals surface area contributed by atoms with Gasteiger partial charge in [-0.2, -0.15) is 0 Å². The number of para-hydroxylation sites is 1. The Morgan fingerprint density at radius 1 is 1.30 bits per heavy atom. The number of fused-ring (bicyclic) bond motifs is 1. The van der Waals surface area contributed by atoms with Gasteiger partial charge in [0.25, 0.3) is 0 Å². The molecule has 0 aliphatic heterocycles. The zero-order chi connectivity index (χ0) is 14.5. The molecule has 2 rings (SSSR count). The van der Waals surface area contributed by atoms with Crippen LogP contribution in [0.25, 0.3) is 10.9 Å². The third-order valence-corrected chi connectivity index (χ3v) is 2.92. The smallest absolute Gasteiger partial charge is 0.238 e. The number of hydrogen-bond acceptors (Lipinski definition) is 4. The standard InChI is InChI=1S/C14H17ClN4O/c1-9(2)7-13(20)18-19-14-10-5-3-4-6-11(10)16-12(8-15)17-14/h3-6,9H,7-8H2,1-2H3,(H,18,20)(H,16,17,19). The lowest BCUT2D eigenvalue weighted by Gasteiger charge is -2.12. The van der Waals surface area contributed by atoms with Crippen molar-refractivity contribution < 1.29 is 4.79 Å². The first-order valence-electron chi connectivity index (χ1n) is 6.46. The third-order valence-electron chi connectivity index (χ3n) is 2.68. The number of nitrogens with one attached hydrogen (secondary N) is 2. The quantitative estimate of drug-likeness (QED) is 0.657. The zero-order valence-electron chi connectivity index (χ0n) is 11.5. The minimum atomic E-state index is -0.0740. The molecule has 6 heteroatoms. The summed E-state index contributed by atoms with van der Waals surface area (Å²) in [6, 6.07) is 7.57. The lowest BCUT2D eigenvalue weighted by molar-refractivity contribution is -0.121. The van der Waals surface area contributed by atoms with Crippen LogP contribution in [0.1, 0.15) is 26.1 Å². The normalized spacial score (nSPS) is 10.8. The van der Waals surface area contributed by atoms with Crippen LogP contribution < -0.4 is 10.9 Å². The van der Waals surface area contributed by atoms with Crippen LogP contribution in [0.5, 0.6) is 0 Å². The summed E-state index contributed by atoms with van der Waals surface area (Å²) in [5, 5.41) is 0.839. The van der Waals surface area contributed by atoms with Crippen molar-refractivity contribution in [2.45, 2.75) is 26.1 Å². The highest BCUT2D eigenvalue weighted by Crippen LogP contribution is 2.19. The second kappa shape index (κ2) is 6.52. The fourth-order valence-electron chi connectivity index (χ4n) is 1.83. The van der Waals surface area contributed by atoms with Crippen LogP contribution in [-0.4, -0.2) is 15.9 Å². The number of nitrogens with zero attached hydrogens (tertiary/aromatic N) is 2. The Balaban J connectivity index is 2.22. The van der Waals surface area contributed by atoms with Gasteiger partial charge >= 0.3 is 0 Å². The molecule has 5 nitrogen and oxygen atoms in total. The number of carbonyl (C=O) groups is 1. The number of hydrogen-bond donors (Lipinski definition) is 2. The molecular formula is C14H17ClN4O. The SMILES string of the molecule is CC(C)CC(=O)NNc1nc(CCl)nc2ccccc12. The van der Waals surface area contributed by atoms with E-state index < -0.39 is 0 Å². The summed E-state index contributed by atoms with van der Waals surface area (Å²) in [5.74, 6) is 1.53. The first kappa shape index (κ1) is 14.5. The van der Waals surface area contributed by atoms with Crippen molar-refractivity contribution >= 4 is 34.2 Å². The van der Waals surface area contributed by atoms with E-state index in [1.807, 2.05) is 38.1 Å². The molecule has 0 radical (unpaired) electrons. The van der Waals surface area contributed by atoms with Gasteiger partial charge in [-0.1, -0.05) is 26.0 Å². The number of alkyl halides is 1. The molecule has 0 saturated heterocycles. The Labute approximate surface area is 122 Å². The van der Waals surface area contributed by atoms with Gasteiger partial charge in [0.2, 0.25) is 5.91 Å². The van der Waals surface area contributed by atoms with Crippen LogP contribution in [0, 0.1) is 5.92 Å². The number of amides is 1. The molecule has 1 heterocycles. The van der Waals surface area contributed by atoms with Crippen molar-refractivity contribution in [2.75, 3.05) is 5.43 Å². The molecule has 0 bridgehead atoms. The van der Waals surface area contributed by atoms with Crippen LogP contribution in [-0.2, 0) is 10.7 Å². The second-order valence-corrected chi connectivity index (χ2v) is 5.18. The number of hydrazine groups is 1. The molecule has 0 saturated carbocycles. The Kier molecular flexibility index (Phi) is 4.74. The van der Waals surface area contributed by atoms with E-state index in [1.165, 1.54) is 0 Å². The van der Waals surface area contributed by atoms with Gasteiger partial charge < -0.3 is 0 Å². The highest BCUT2D eigenvalue weighted by atomic mass is 35.5. The maximum atomic E-state index is 11.7. The summed E-state index contributed by atoms with van der Waals surface area (Å²) in [4.78, 5) is 20.3. The average molecular weight is 293 g/mol. The first-order valence-corrected chi connectivity index (χ1v) is 7.00. The van der Waals surface area contributed by atoms with Crippen LogP contribution in [0.3, 0.4) is 0 Å². The summed E-state index contributed by atoms with van der Waals surface area (Å²) < 4.78 is 0. The predicted octanol–water partition coefficient (Wildman–Crippen LogP) is 2.86. The monoisotopic (exact) mass is 292 g/mol. The number of halogens is 1. The fourth-order valence-corrected chi connectivity index (χ4v) is 1.95. The van der Waals surface area contributed by atoms with Crippen molar-refractivity contribution in [1.29, 1.82) is 0 Å². The van der Waals surface area contributed by atoms with Gasteiger partial charge in [-0.05, 0) is 18.1 Å². The van der Waals surface area contributed by atoms with Gasteiger partial charge in [-0.15, -0.1) is 11.6 Å². The van der Waals surface area contributed by atoms with E-state index >= 15 is 0 Å². The highest BCUT2D eigenvalue weighted by Gasteiger charge is 2.09. The lowest BCUT2D eigenvalue weighted by atomic mass is 10.1. The van der Waals surface area contributed by atoms with E-state index in [4.69, 9.17) is 11.6 Å². The van der Waals surface area contributed by atoms with Crippen LogP contribution in [0.15, 0.2) is 24.3 Å². The maximum absolute atomic E-state index is 11.7. The van der Waals surface area contributed by atoms with Gasteiger partial charge in [0.05, 0.1) is 11.4 Å². The lowest BCUT2D eigenvalue weighted by Crippen LogP contribution is -2.30. The third kappa shape index (κ3) is 3.57. The largest absolute Gasteiger partial charge is 0.281 e. The summed E-state index contributed by atoms with van der Waals surface area (Å²) in [6.07, 6.45) is 0.457. The Bertz CT molecular complexity index is 615. The van der Waals surface area contributed by atoms with E-state index in [9.17, 15) is 4.79 Å². The molecule has 1 aromatic carbocycles. The molecule has 1 aromatic heterocycles. The van der Waals surface area contributed by atoms with Gasteiger partial charge in [-0.3, -0.25) is 15.6 Å².